The fraction of sp³-hybridized carbons (Fsp3) is 0.684. The molecule has 0 amide bonds. The molecule has 0 aromatic carbocycles. The molecule has 1 aliphatic rings. The van der Waals surface area contributed by atoms with Crippen LogP contribution in [0, 0.1) is 0 Å². The summed E-state index contributed by atoms with van der Waals surface area (Å²) in [4.78, 5) is 24.4. The van der Waals surface area contributed by atoms with Gasteiger partial charge in [-0.15, -0.1) is 11.3 Å². The highest BCUT2D eigenvalue weighted by molar-refractivity contribution is 9.11. The lowest BCUT2D eigenvalue weighted by atomic mass is 10.0. The molecule has 128 valence electrons. The molecule has 0 bridgehead atoms. The maximum absolute atomic E-state index is 12.0. The minimum Gasteiger partial charge on any atom is -0.294 e. The van der Waals surface area contributed by atoms with Gasteiger partial charge in [0.15, 0.2) is 11.6 Å². The first-order valence-corrected chi connectivity index (χ1v) is 10.6. The Morgan fingerprint density at radius 2 is 1.43 bits per heavy atom. The molecular formula is C19H27BrO2S. The normalized spacial score (nSPS) is 13.8. The number of hydrogen-bond donors (Lipinski definition) is 0. The van der Waals surface area contributed by atoms with Crippen LogP contribution in [0.15, 0.2) is 3.79 Å². The maximum atomic E-state index is 12.0. The predicted molar refractivity (Wildman–Crippen MR) is 101 cm³/mol. The minimum absolute atomic E-state index is 0.00465. The van der Waals surface area contributed by atoms with Crippen molar-refractivity contribution in [2.75, 3.05) is 0 Å². The molecule has 1 aromatic heterocycles. The summed E-state index contributed by atoms with van der Waals surface area (Å²) >= 11 is 4.98. The van der Waals surface area contributed by atoms with Crippen LogP contribution in [-0.2, 0) is 6.42 Å². The van der Waals surface area contributed by atoms with Crippen molar-refractivity contribution >= 4 is 38.8 Å². The number of fused-ring (bicyclic) bond motifs is 1. The molecule has 0 unspecified atom stereocenters. The summed E-state index contributed by atoms with van der Waals surface area (Å²) in [5, 5.41) is 0. The fourth-order valence-electron chi connectivity index (χ4n) is 3.26. The molecule has 0 saturated carbocycles. The molecule has 1 aromatic rings. The Morgan fingerprint density at radius 3 is 2.04 bits per heavy atom. The second-order valence-electron chi connectivity index (χ2n) is 6.51. The fourth-order valence-corrected chi connectivity index (χ4v) is 5.17. The van der Waals surface area contributed by atoms with Crippen LogP contribution in [0.2, 0.25) is 0 Å². The Bertz CT molecular complexity index is 548. The van der Waals surface area contributed by atoms with Gasteiger partial charge in [0.2, 0.25) is 0 Å². The summed E-state index contributed by atoms with van der Waals surface area (Å²) in [5.41, 5.74) is 1.81. The number of thiophene rings is 1. The van der Waals surface area contributed by atoms with Gasteiger partial charge in [-0.3, -0.25) is 9.59 Å². The Morgan fingerprint density at radius 1 is 0.870 bits per heavy atom. The first kappa shape index (κ1) is 18.9. The summed E-state index contributed by atoms with van der Waals surface area (Å²) in [5.74, 6) is 0.0269. The highest BCUT2D eigenvalue weighted by Crippen LogP contribution is 2.39. The molecule has 0 atom stereocenters. The molecule has 1 aliphatic carbocycles. The van der Waals surface area contributed by atoms with E-state index in [2.05, 4.69) is 22.9 Å². The van der Waals surface area contributed by atoms with Crippen LogP contribution in [-0.4, -0.2) is 11.6 Å². The van der Waals surface area contributed by atoms with E-state index in [1.807, 2.05) is 0 Å². The SMILES string of the molecule is CCCCCCCCCCCCc1c(Br)sc2c1C(=O)CC2=O. The zero-order chi connectivity index (χ0) is 16.7. The average Bonchev–Trinajstić information content (AvgIpc) is 2.99. The van der Waals surface area contributed by atoms with Gasteiger partial charge in [-0.2, -0.15) is 0 Å². The largest absolute Gasteiger partial charge is 0.294 e. The van der Waals surface area contributed by atoms with E-state index in [1.54, 1.807) is 0 Å². The molecule has 0 saturated heterocycles. The molecule has 0 radical (unpaired) electrons. The molecule has 2 rings (SSSR count). The number of ketones is 2. The van der Waals surface area contributed by atoms with Crippen LogP contribution < -0.4 is 0 Å². The first-order chi connectivity index (χ1) is 11.1. The Balaban J connectivity index is 1.63. The zero-order valence-electron chi connectivity index (χ0n) is 14.1. The summed E-state index contributed by atoms with van der Waals surface area (Å²) in [7, 11) is 0. The van der Waals surface area contributed by atoms with Crippen molar-refractivity contribution in [3.8, 4) is 0 Å². The van der Waals surface area contributed by atoms with Gasteiger partial charge in [-0.25, -0.2) is 0 Å². The molecule has 0 aliphatic heterocycles. The Labute approximate surface area is 152 Å². The third-order valence-corrected chi connectivity index (χ3v) is 6.62. The maximum Gasteiger partial charge on any atom is 0.181 e. The smallest absolute Gasteiger partial charge is 0.181 e. The van der Waals surface area contributed by atoms with E-state index >= 15 is 0 Å². The zero-order valence-corrected chi connectivity index (χ0v) is 16.5. The number of unbranched alkanes of at least 4 members (excludes halogenated alkanes) is 9. The number of Topliss-reactive ketones (excluding diaryl/α,β-unsaturated/α-hetero) is 2. The number of carbonyl (C=O) groups excluding carboxylic acids is 2. The van der Waals surface area contributed by atoms with Crippen molar-refractivity contribution in [2.45, 2.75) is 84.0 Å². The van der Waals surface area contributed by atoms with E-state index < -0.39 is 0 Å². The van der Waals surface area contributed by atoms with Crippen molar-refractivity contribution in [2.24, 2.45) is 0 Å². The van der Waals surface area contributed by atoms with E-state index in [1.165, 1.54) is 69.1 Å². The van der Waals surface area contributed by atoms with Gasteiger partial charge in [-0.05, 0) is 34.3 Å². The topological polar surface area (TPSA) is 34.1 Å². The number of carbonyl (C=O) groups is 2. The van der Waals surface area contributed by atoms with Crippen molar-refractivity contribution in [1.82, 2.24) is 0 Å². The van der Waals surface area contributed by atoms with Crippen LogP contribution in [0.3, 0.4) is 0 Å². The summed E-state index contributed by atoms with van der Waals surface area (Å²) in [6.07, 6.45) is 14.1. The van der Waals surface area contributed by atoms with Gasteiger partial charge in [0.05, 0.1) is 15.1 Å². The molecule has 0 fully saturated rings. The average molecular weight is 399 g/mol. The quantitative estimate of drug-likeness (QED) is 0.305. The van der Waals surface area contributed by atoms with Crippen LogP contribution in [0.4, 0.5) is 0 Å². The van der Waals surface area contributed by atoms with Crippen LogP contribution >= 0.6 is 27.3 Å². The van der Waals surface area contributed by atoms with Gasteiger partial charge >= 0.3 is 0 Å². The lowest BCUT2D eigenvalue weighted by Gasteiger charge is -2.04. The van der Waals surface area contributed by atoms with E-state index in [9.17, 15) is 9.59 Å². The monoisotopic (exact) mass is 398 g/mol. The van der Waals surface area contributed by atoms with Gasteiger partial charge in [0.25, 0.3) is 0 Å². The van der Waals surface area contributed by atoms with Crippen LogP contribution in [0.5, 0.6) is 0 Å². The number of rotatable bonds is 11. The highest BCUT2D eigenvalue weighted by Gasteiger charge is 2.33. The second-order valence-corrected chi connectivity index (χ2v) is 8.85. The van der Waals surface area contributed by atoms with Gasteiger partial charge in [0, 0.05) is 5.56 Å². The molecule has 1 heterocycles. The Kier molecular flexibility index (Phi) is 7.97. The van der Waals surface area contributed by atoms with Gasteiger partial charge < -0.3 is 0 Å². The highest BCUT2D eigenvalue weighted by atomic mass is 79.9. The van der Waals surface area contributed by atoms with E-state index in [4.69, 9.17) is 0 Å². The molecule has 23 heavy (non-hydrogen) atoms. The molecule has 4 heteroatoms. The summed E-state index contributed by atoms with van der Waals surface area (Å²) < 4.78 is 0.986. The number of hydrogen-bond acceptors (Lipinski definition) is 3. The first-order valence-electron chi connectivity index (χ1n) is 9.02. The van der Waals surface area contributed by atoms with E-state index in [0.29, 0.717) is 4.88 Å². The predicted octanol–water partition coefficient (Wildman–Crippen LogP) is 6.74. The van der Waals surface area contributed by atoms with Crippen LogP contribution in [0.25, 0.3) is 0 Å². The third kappa shape index (κ3) is 5.25. The van der Waals surface area contributed by atoms with Crippen molar-refractivity contribution in [3.63, 3.8) is 0 Å². The summed E-state index contributed by atoms with van der Waals surface area (Å²) in [6, 6.07) is 0. The lowest BCUT2D eigenvalue weighted by molar-refractivity contribution is 0.0923. The van der Waals surface area contributed by atoms with Crippen LogP contribution in [0.1, 0.15) is 103 Å². The number of halogens is 1. The summed E-state index contributed by atoms with van der Waals surface area (Å²) in [6.45, 7) is 2.25. The minimum atomic E-state index is 0.00465. The van der Waals surface area contributed by atoms with Crippen molar-refractivity contribution < 1.29 is 9.59 Å². The van der Waals surface area contributed by atoms with Crippen molar-refractivity contribution in [1.29, 1.82) is 0 Å². The molecular weight excluding hydrogens is 372 g/mol. The Hall–Kier alpha value is -0.480. The third-order valence-electron chi connectivity index (χ3n) is 4.59. The van der Waals surface area contributed by atoms with Crippen molar-refractivity contribution in [3.05, 3.63) is 19.8 Å². The molecule has 2 nitrogen and oxygen atoms in total. The molecule has 0 N–H and O–H groups in total. The molecule has 0 spiro atoms. The lowest BCUT2D eigenvalue weighted by Crippen LogP contribution is -1.97. The standard InChI is InChI=1S/C19H27BrO2S/c1-2-3-4-5-6-7-8-9-10-11-12-14-17-15(21)13-16(22)18(17)23-19(14)20/h2-13H2,1H3. The van der Waals surface area contributed by atoms with E-state index in [-0.39, 0.29) is 18.0 Å². The second kappa shape index (κ2) is 9.73. The van der Waals surface area contributed by atoms with Gasteiger partial charge in [0.1, 0.15) is 0 Å². The van der Waals surface area contributed by atoms with Gasteiger partial charge in [-0.1, -0.05) is 64.7 Å². The van der Waals surface area contributed by atoms with E-state index in [0.717, 1.165) is 27.8 Å².